The quantitative estimate of drug-likeness (QED) is 0.329. The Hall–Kier alpha value is -1.78. The zero-order valence-electron chi connectivity index (χ0n) is 23.9. The fourth-order valence-electron chi connectivity index (χ4n) is 12.1. The average Bonchev–Trinajstić information content (AvgIpc) is 3.84. The highest BCUT2D eigenvalue weighted by molar-refractivity contribution is 5.96. The van der Waals surface area contributed by atoms with Crippen LogP contribution in [-0.4, -0.2) is 38.6 Å². The summed E-state index contributed by atoms with van der Waals surface area (Å²) in [6.07, 6.45) is 17.3. The summed E-state index contributed by atoms with van der Waals surface area (Å²) in [5.41, 5.74) is 3.59. The number of epoxide rings is 2. The Balaban J connectivity index is 1.18. The average molecular weight is 541 g/mol. The van der Waals surface area contributed by atoms with Gasteiger partial charge in [0.25, 0.3) is 0 Å². The molecule has 8 aliphatic carbocycles. The fourth-order valence-corrected chi connectivity index (χ4v) is 12.1. The molecule has 2 aromatic rings. The molecule has 2 saturated heterocycles. The van der Waals surface area contributed by atoms with Crippen molar-refractivity contribution in [3.05, 3.63) is 35.4 Å². The minimum Gasteiger partial charge on any atom is -0.487 e. The van der Waals surface area contributed by atoms with Crippen molar-refractivity contribution in [2.24, 2.45) is 35.5 Å². The van der Waals surface area contributed by atoms with E-state index in [1.165, 1.54) is 93.4 Å². The predicted molar refractivity (Wildman–Crippen MR) is 154 cm³/mol. The topological polar surface area (TPSA) is 43.5 Å². The van der Waals surface area contributed by atoms with E-state index in [1.54, 1.807) is 5.56 Å². The molecule has 2 aliphatic heterocycles. The van der Waals surface area contributed by atoms with Gasteiger partial charge in [-0.05, 0) is 140 Å². The summed E-state index contributed by atoms with van der Waals surface area (Å²) in [6.45, 7) is 2.91. The number of ether oxygens (including phenoxy) is 4. The molecule has 2 heterocycles. The molecule has 40 heavy (non-hydrogen) atoms. The Labute approximate surface area is 238 Å². The molecule has 4 heteroatoms. The summed E-state index contributed by atoms with van der Waals surface area (Å²) in [4.78, 5) is 0. The van der Waals surface area contributed by atoms with Gasteiger partial charge in [-0.3, -0.25) is 0 Å². The number of hydrogen-bond donors (Lipinski definition) is 0. The third kappa shape index (κ3) is 3.70. The van der Waals surface area contributed by atoms with Crippen LogP contribution in [0.1, 0.15) is 88.2 Å². The molecule has 0 N–H and O–H groups in total. The largest absolute Gasteiger partial charge is 0.487 e. The summed E-state index contributed by atoms with van der Waals surface area (Å²) in [7, 11) is 0. The Morgan fingerprint density at radius 2 is 1.05 bits per heavy atom. The number of hydrogen-bond acceptors (Lipinski definition) is 4. The molecular weight excluding hydrogens is 496 g/mol. The fraction of sp³-hybridized carbons (Fsp3) is 0.722. The van der Waals surface area contributed by atoms with E-state index >= 15 is 0 Å². The van der Waals surface area contributed by atoms with Gasteiger partial charge in [0, 0.05) is 10.9 Å². The maximum Gasteiger partial charge on any atom is 0.169 e. The minimum atomic E-state index is 0.226. The Morgan fingerprint density at radius 3 is 1.52 bits per heavy atom. The van der Waals surface area contributed by atoms with E-state index in [2.05, 4.69) is 24.3 Å². The molecular formula is C36H44O4. The molecule has 0 aromatic heterocycles. The van der Waals surface area contributed by atoms with Crippen LogP contribution < -0.4 is 9.47 Å². The van der Waals surface area contributed by atoms with Gasteiger partial charge in [0.15, 0.2) is 11.5 Å². The van der Waals surface area contributed by atoms with Crippen LogP contribution in [0.15, 0.2) is 24.3 Å². The van der Waals surface area contributed by atoms with E-state index in [1.807, 2.05) is 0 Å². The first-order valence-electron chi connectivity index (χ1n) is 16.7. The molecule has 2 aromatic carbocycles. The Bertz CT molecular complexity index is 1280. The van der Waals surface area contributed by atoms with E-state index in [0.717, 1.165) is 60.2 Å². The van der Waals surface area contributed by atoms with Gasteiger partial charge in [-0.25, -0.2) is 0 Å². The number of benzene rings is 2. The van der Waals surface area contributed by atoms with Gasteiger partial charge < -0.3 is 18.9 Å². The molecule has 8 saturated carbocycles. The summed E-state index contributed by atoms with van der Waals surface area (Å²) in [6, 6.07) is 9.83. The van der Waals surface area contributed by atoms with Gasteiger partial charge in [0.2, 0.25) is 0 Å². The third-order valence-corrected chi connectivity index (χ3v) is 12.9. The zero-order valence-corrected chi connectivity index (χ0v) is 23.9. The molecule has 4 nitrogen and oxygen atoms in total. The molecule has 212 valence electrons. The van der Waals surface area contributed by atoms with E-state index in [0.29, 0.717) is 18.6 Å². The molecule has 0 amide bonds. The summed E-state index contributed by atoms with van der Waals surface area (Å²) in [5.74, 6) is 7.55. The van der Waals surface area contributed by atoms with Crippen molar-refractivity contribution in [1.29, 1.82) is 0 Å². The molecule has 12 rings (SSSR count). The monoisotopic (exact) mass is 540 g/mol. The van der Waals surface area contributed by atoms with E-state index < -0.39 is 0 Å². The van der Waals surface area contributed by atoms with Gasteiger partial charge in [-0.15, -0.1) is 0 Å². The van der Waals surface area contributed by atoms with E-state index in [9.17, 15) is 0 Å². The predicted octanol–water partition coefficient (Wildman–Crippen LogP) is 7.33. The van der Waals surface area contributed by atoms with Crippen molar-refractivity contribution < 1.29 is 18.9 Å². The lowest BCUT2D eigenvalue weighted by molar-refractivity contribution is -0.00661. The van der Waals surface area contributed by atoms with Crippen LogP contribution in [0.3, 0.4) is 0 Å². The summed E-state index contributed by atoms with van der Waals surface area (Å²) >= 11 is 0. The Kier molecular flexibility index (Phi) is 4.99. The molecule has 2 atom stereocenters. The SMILES string of the molecule is c1cc(C23CC4CC(CC(C4)C2)C3)c2c(OCC3CO3)c(OCC3CO3)c(C34CC5CC(CC(C5)C3)C4)cc2c1. The lowest BCUT2D eigenvalue weighted by Gasteiger charge is -2.58. The molecule has 8 bridgehead atoms. The molecule has 10 fully saturated rings. The van der Waals surface area contributed by atoms with Crippen molar-refractivity contribution in [3.63, 3.8) is 0 Å². The van der Waals surface area contributed by atoms with Crippen LogP contribution in [0, 0.1) is 35.5 Å². The highest BCUT2D eigenvalue weighted by Crippen LogP contribution is 2.65. The van der Waals surface area contributed by atoms with Crippen LogP contribution in [0.25, 0.3) is 10.8 Å². The smallest absolute Gasteiger partial charge is 0.169 e. The van der Waals surface area contributed by atoms with Crippen molar-refractivity contribution in [2.75, 3.05) is 26.4 Å². The molecule has 2 unspecified atom stereocenters. The second-order valence-electron chi connectivity index (χ2n) is 15.9. The van der Waals surface area contributed by atoms with Gasteiger partial charge in [-0.2, -0.15) is 0 Å². The maximum atomic E-state index is 6.94. The minimum absolute atomic E-state index is 0.226. The lowest BCUT2D eigenvalue weighted by atomic mass is 9.47. The summed E-state index contributed by atoms with van der Waals surface area (Å²) in [5, 5.41) is 2.76. The van der Waals surface area contributed by atoms with E-state index in [-0.39, 0.29) is 17.6 Å². The van der Waals surface area contributed by atoms with Crippen LogP contribution in [-0.2, 0) is 20.3 Å². The van der Waals surface area contributed by atoms with Crippen molar-refractivity contribution in [1.82, 2.24) is 0 Å². The second-order valence-corrected chi connectivity index (χ2v) is 15.9. The first-order chi connectivity index (χ1) is 19.6. The Morgan fingerprint density at radius 1 is 0.600 bits per heavy atom. The molecule has 0 spiro atoms. The standard InChI is InChI=1S/C36H44O4/c1-2-27-10-31(36-14-24-7-25(15-36)9-26(8-24)16-36)33(39-19-28-17-37-28)34(40-20-29-18-38-29)32(27)30(3-1)35-11-21-4-22(12-35)6-23(5-21)13-35/h1-3,10,21-26,28-29H,4-9,11-20H2. The van der Waals surface area contributed by atoms with Gasteiger partial charge in [-0.1, -0.05) is 18.2 Å². The second kappa shape index (κ2) is 8.40. The first kappa shape index (κ1) is 23.7. The van der Waals surface area contributed by atoms with Gasteiger partial charge in [0.05, 0.1) is 13.2 Å². The molecule has 10 aliphatic rings. The highest BCUT2D eigenvalue weighted by Gasteiger charge is 2.55. The normalized spacial score (nSPS) is 45.3. The lowest BCUT2D eigenvalue weighted by Crippen LogP contribution is -2.49. The maximum absolute atomic E-state index is 6.94. The molecule has 0 radical (unpaired) electrons. The third-order valence-electron chi connectivity index (χ3n) is 12.9. The van der Waals surface area contributed by atoms with Crippen molar-refractivity contribution in [2.45, 2.75) is 100 Å². The van der Waals surface area contributed by atoms with E-state index in [4.69, 9.17) is 18.9 Å². The van der Waals surface area contributed by atoms with Crippen LogP contribution >= 0.6 is 0 Å². The first-order valence-corrected chi connectivity index (χ1v) is 16.7. The zero-order chi connectivity index (χ0) is 26.1. The van der Waals surface area contributed by atoms with Crippen molar-refractivity contribution in [3.8, 4) is 11.5 Å². The van der Waals surface area contributed by atoms with Crippen LogP contribution in [0.4, 0.5) is 0 Å². The number of rotatable bonds is 8. The van der Waals surface area contributed by atoms with Crippen molar-refractivity contribution >= 4 is 10.8 Å². The number of fused-ring (bicyclic) bond motifs is 1. The summed E-state index contributed by atoms with van der Waals surface area (Å²) < 4.78 is 25.2. The highest BCUT2D eigenvalue weighted by atomic mass is 16.6. The van der Waals surface area contributed by atoms with Gasteiger partial charge in [0.1, 0.15) is 25.4 Å². The van der Waals surface area contributed by atoms with Crippen LogP contribution in [0.5, 0.6) is 11.5 Å². The van der Waals surface area contributed by atoms with Crippen LogP contribution in [0.2, 0.25) is 0 Å². The van der Waals surface area contributed by atoms with Gasteiger partial charge >= 0.3 is 0 Å².